The maximum atomic E-state index is 12.7. The van der Waals surface area contributed by atoms with Crippen LogP contribution in [0.25, 0.3) is 0 Å². The van der Waals surface area contributed by atoms with Crippen molar-refractivity contribution in [3.8, 4) is 0 Å². The number of pyridine rings is 1. The van der Waals surface area contributed by atoms with Crippen LogP contribution in [-0.2, 0) is 14.8 Å². The van der Waals surface area contributed by atoms with Crippen LogP contribution in [0.4, 0.5) is 5.82 Å². The molecule has 0 amide bonds. The average molecular weight is 365 g/mol. The monoisotopic (exact) mass is 364 g/mol. The highest BCUT2D eigenvalue weighted by Gasteiger charge is 2.32. The van der Waals surface area contributed by atoms with E-state index in [1.807, 2.05) is 6.92 Å². The first-order valence-corrected chi connectivity index (χ1v) is 8.46. The topological polar surface area (TPSA) is 97.6 Å². The first-order chi connectivity index (χ1) is 9.48. The Morgan fingerprint density at radius 1 is 1.65 bits per heavy atom. The van der Waals surface area contributed by atoms with Crippen LogP contribution in [0.2, 0.25) is 0 Å². The molecule has 1 aromatic heterocycles. The van der Waals surface area contributed by atoms with Crippen molar-refractivity contribution < 1.29 is 13.2 Å². The number of hydrogen-bond donors (Lipinski definition) is 2. The van der Waals surface area contributed by atoms with Crippen LogP contribution in [0.1, 0.15) is 13.3 Å². The van der Waals surface area contributed by atoms with E-state index < -0.39 is 10.0 Å². The Kier molecular flexibility index (Phi) is 4.97. The molecule has 1 unspecified atom stereocenters. The number of nitrogens with one attached hydrogen (secondary N) is 1. The van der Waals surface area contributed by atoms with Crippen molar-refractivity contribution in [2.24, 2.45) is 5.84 Å². The minimum atomic E-state index is -3.65. The predicted molar refractivity (Wildman–Crippen MR) is 78.5 cm³/mol. The number of morpholine rings is 1. The number of aromatic nitrogens is 1. The van der Waals surface area contributed by atoms with Gasteiger partial charge in [0.1, 0.15) is 4.90 Å². The SMILES string of the molecule is CCC1CN(S(=O)(=O)c2cc(Br)cnc2NN)CCO1. The van der Waals surface area contributed by atoms with E-state index in [4.69, 9.17) is 10.6 Å². The van der Waals surface area contributed by atoms with E-state index in [1.165, 1.54) is 16.6 Å². The van der Waals surface area contributed by atoms with Crippen LogP contribution in [0.15, 0.2) is 21.6 Å². The highest BCUT2D eigenvalue weighted by atomic mass is 79.9. The van der Waals surface area contributed by atoms with Crippen molar-refractivity contribution in [2.75, 3.05) is 25.1 Å². The summed E-state index contributed by atoms with van der Waals surface area (Å²) >= 11 is 3.23. The molecular weight excluding hydrogens is 348 g/mol. The van der Waals surface area contributed by atoms with Gasteiger partial charge in [-0.15, -0.1) is 0 Å². The van der Waals surface area contributed by atoms with Crippen LogP contribution in [0, 0.1) is 0 Å². The number of nitrogens with two attached hydrogens (primary N) is 1. The van der Waals surface area contributed by atoms with Gasteiger partial charge in [0.2, 0.25) is 10.0 Å². The number of hydrogen-bond acceptors (Lipinski definition) is 6. The summed E-state index contributed by atoms with van der Waals surface area (Å²) < 4.78 is 32.9. The number of hydrazine groups is 1. The van der Waals surface area contributed by atoms with Crippen molar-refractivity contribution in [2.45, 2.75) is 24.3 Å². The minimum Gasteiger partial charge on any atom is -0.375 e. The summed E-state index contributed by atoms with van der Waals surface area (Å²) in [6.07, 6.45) is 2.18. The molecule has 0 spiro atoms. The Morgan fingerprint density at radius 2 is 2.40 bits per heavy atom. The van der Waals surface area contributed by atoms with Gasteiger partial charge in [-0.05, 0) is 28.4 Å². The molecule has 2 heterocycles. The lowest BCUT2D eigenvalue weighted by atomic mass is 10.2. The fraction of sp³-hybridized carbons (Fsp3) is 0.545. The van der Waals surface area contributed by atoms with E-state index in [-0.39, 0.29) is 16.8 Å². The number of ether oxygens (including phenoxy) is 1. The van der Waals surface area contributed by atoms with Crippen LogP contribution in [0.5, 0.6) is 0 Å². The van der Waals surface area contributed by atoms with Crippen LogP contribution in [0.3, 0.4) is 0 Å². The zero-order valence-electron chi connectivity index (χ0n) is 11.0. The van der Waals surface area contributed by atoms with Gasteiger partial charge in [0, 0.05) is 23.8 Å². The number of nitrogen functional groups attached to an aromatic ring is 1. The molecular formula is C11H17BrN4O3S. The predicted octanol–water partition coefficient (Wildman–Crippen LogP) is 0.929. The standard InChI is InChI=1S/C11H17BrN4O3S/c1-2-9-7-16(3-4-19-9)20(17,18)10-5-8(12)6-14-11(10)15-13/h5-6,9H,2-4,7,13H2,1H3,(H,14,15). The maximum Gasteiger partial charge on any atom is 0.247 e. The van der Waals surface area contributed by atoms with Gasteiger partial charge in [0.15, 0.2) is 5.82 Å². The van der Waals surface area contributed by atoms with E-state index in [0.29, 0.717) is 24.2 Å². The molecule has 0 bridgehead atoms. The molecule has 2 rings (SSSR count). The van der Waals surface area contributed by atoms with Crippen LogP contribution < -0.4 is 11.3 Å². The summed E-state index contributed by atoms with van der Waals surface area (Å²) in [5, 5.41) is 0. The molecule has 1 saturated heterocycles. The summed E-state index contributed by atoms with van der Waals surface area (Å²) in [6, 6.07) is 1.49. The van der Waals surface area contributed by atoms with E-state index in [0.717, 1.165) is 6.42 Å². The Morgan fingerprint density at radius 3 is 3.05 bits per heavy atom. The molecule has 0 saturated carbocycles. The highest BCUT2D eigenvalue weighted by molar-refractivity contribution is 9.10. The molecule has 1 aliphatic heterocycles. The Bertz CT molecular complexity index is 581. The minimum absolute atomic E-state index is 0.0612. The summed E-state index contributed by atoms with van der Waals surface area (Å²) in [5.74, 6) is 5.48. The Balaban J connectivity index is 2.37. The molecule has 1 atom stereocenters. The van der Waals surface area contributed by atoms with E-state index >= 15 is 0 Å². The quantitative estimate of drug-likeness (QED) is 0.609. The number of anilines is 1. The smallest absolute Gasteiger partial charge is 0.247 e. The largest absolute Gasteiger partial charge is 0.375 e. The molecule has 1 fully saturated rings. The Labute approximate surface area is 126 Å². The lowest BCUT2D eigenvalue weighted by Gasteiger charge is -2.31. The summed E-state index contributed by atoms with van der Waals surface area (Å²) in [6.45, 7) is 3.03. The van der Waals surface area contributed by atoms with Crippen LogP contribution >= 0.6 is 15.9 Å². The van der Waals surface area contributed by atoms with Gasteiger partial charge in [0.05, 0.1) is 12.7 Å². The molecule has 112 valence electrons. The van der Waals surface area contributed by atoms with Crippen LogP contribution in [-0.4, -0.2) is 43.5 Å². The van der Waals surface area contributed by atoms with Gasteiger partial charge in [0.25, 0.3) is 0 Å². The highest BCUT2D eigenvalue weighted by Crippen LogP contribution is 2.26. The van der Waals surface area contributed by atoms with Gasteiger partial charge in [-0.3, -0.25) is 0 Å². The fourth-order valence-corrected chi connectivity index (χ4v) is 4.09. The van der Waals surface area contributed by atoms with Crippen molar-refractivity contribution in [1.29, 1.82) is 0 Å². The van der Waals surface area contributed by atoms with Gasteiger partial charge in [-0.2, -0.15) is 4.31 Å². The lowest BCUT2D eigenvalue weighted by molar-refractivity contribution is -0.00277. The van der Waals surface area contributed by atoms with E-state index in [9.17, 15) is 8.42 Å². The molecule has 1 aliphatic rings. The molecule has 1 aromatic rings. The van der Waals surface area contributed by atoms with Gasteiger partial charge in [-0.1, -0.05) is 6.92 Å². The number of sulfonamides is 1. The molecule has 0 aliphatic carbocycles. The molecule has 7 nitrogen and oxygen atoms in total. The van der Waals surface area contributed by atoms with Gasteiger partial charge < -0.3 is 10.2 Å². The first-order valence-electron chi connectivity index (χ1n) is 6.23. The molecule has 9 heteroatoms. The van der Waals surface area contributed by atoms with Crippen molar-refractivity contribution in [1.82, 2.24) is 9.29 Å². The lowest BCUT2D eigenvalue weighted by Crippen LogP contribution is -2.45. The second kappa shape index (κ2) is 6.35. The van der Waals surface area contributed by atoms with Crippen molar-refractivity contribution in [3.05, 3.63) is 16.7 Å². The van der Waals surface area contributed by atoms with Crippen molar-refractivity contribution >= 4 is 31.8 Å². The average Bonchev–Trinajstić information content (AvgIpc) is 2.47. The van der Waals surface area contributed by atoms with E-state index in [2.05, 4.69) is 26.3 Å². The Hall–Kier alpha value is -0.740. The fourth-order valence-electron chi connectivity index (χ4n) is 2.02. The van der Waals surface area contributed by atoms with Crippen molar-refractivity contribution in [3.63, 3.8) is 0 Å². The molecule has 0 aromatic carbocycles. The number of nitrogens with zero attached hydrogens (tertiary/aromatic N) is 2. The summed E-state index contributed by atoms with van der Waals surface area (Å²) in [4.78, 5) is 4.04. The third kappa shape index (κ3) is 3.12. The zero-order valence-corrected chi connectivity index (χ0v) is 13.4. The molecule has 20 heavy (non-hydrogen) atoms. The summed E-state index contributed by atoms with van der Waals surface area (Å²) in [5.41, 5.74) is 2.32. The normalized spacial score (nSPS) is 20.9. The third-order valence-electron chi connectivity index (χ3n) is 3.13. The zero-order chi connectivity index (χ0) is 14.8. The van der Waals surface area contributed by atoms with Gasteiger partial charge in [-0.25, -0.2) is 19.2 Å². The molecule has 0 radical (unpaired) electrons. The first kappa shape index (κ1) is 15.6. The number of rotatable bonds is 4. The number of halogens is 1. The summed E-state index contributed by atoms with van der Waals surface area (Å²) in [7, 11) is -3.65. The second-order valence-corrected chi connectivity index (χ2v) is 7.23. The van der Waals surface area contributed by atoms with E-state index in [1.54, 1.807) is 0 Å². The maximum absolute atomic E-state index is 12.7. The second-order valence-electron chi connectivity index (χ2n) is 4.41. The third-order valence-corrected chi connectivity index (χ3v) is 5.44. The van der Waals surface area contributed by atoms with Gasteiger partial charge >= 0.3 is 0 Å². The molecule has 3 N–H and O–H groups in total.